The van der Waals surface area contributed by atoms with Gasteiger partial charge in [-0.25, -0.2) is 0 Å². The van der Waals surface area contributed by atoms with Gasteiger partial charge in [0.15, 0.2) is 0 Å². The molecule has 3 atom stereocenters. The summed E-state index contributed by atoms with van der Waals surface area (Å²) in [7, 11) is 1.68. The number of hydrogen-bond donors (Lipinski definition) is 1. The van der Waals surface area contributed by atoms with Crippen molar-refractivity contribution in [3.05, 3.63) is 0 Å². The van der Waals surface area contributed by atoms with Crippen molar-refractivity contribution in [2.45, 2.75) is 52.5 Å². The Morgan fingerprint density at radius 3 is 2.60 bits per heavy atom. The standard InChI is InChI=1S/C16H32N2O2/c1-12(2)11-18(8-9-20-4)16(19)13(3)14-6-5-7-15(17)10-14/h12-15H,5-11,17H2,1-4H3. The Morgan fingerprint density at radius 2 is 2.05 bits per heavy atom. The molecule has 0 bridgehead atoms. The topological polar surface area (TPSA) is 55.6 Å². The molecule has 0 aromatic heterocycles. The zero-order valence-electron chi connectivity index (χ0n) is 13.6. The van der Waals surface area contributed by atoms with Crippen LogP contribution in [0.1, 0.15) is 46.5 Å². The molecule has 1 aliphatic rings. The number of ether oxygens (including phenoxy) is 1. The number of nitrogens with zero attached hydrogens (tertiary/aromatic N) is 1. The average molecular weight is 284 g/mol. The van der Waals surface area contributed by atoms with Gasteiger partial charge >= 0.3 is 0 Å². The van der Waals surface area contributed by atoms with E-state index in [0.717, 1.165) is 32.2 Å². The maximum Gasteiger partial charge on any atom is 0.225 e. The molecule has 20 heavy (non-hydrogen) atoms. The fourth-order valence-corrected chi connectivity index (χ4v) is 3.14. The van der Waals surface area contributed by atoms with Crippen LogP contribution in [0, 0.1) is 17.8 Å². The van der Waals surface area contributed by atoms with Gasteiger partial charge in [0.25, 0.3) is 0 Å². The van der Waals surface area contributed by atoms with Crippen LogP contribution in [0.5, 0.6) is 0 Å². The maximum absolute atomic E-state index is 12.7. The summed E-state index contributed by atoms with van der Waals surface area (Å²) in [6, 6.07) is 0.279. The SMILES string of the molecule is COCCN(CC(C)C)C(=O)C(C)C1CCCC(N)C1. The van der Waals surface area contributed by atoms with E-state index in [4.69, 9.17) is 10.5 Å². The number of hydrogen-bond acceptors (Lipinski definition) is 3. The molecule has 0 saturated heterocycles. The Morgan fingerprint density at radius 1 is 1.35 bits per heavy atom. The van der Waals surface area contributed by atoms with Gasteiger partial charge in [-0.1, -0.05) is 27.2 Å². The highest BCUT2D eigenvalue weighted by Crippen LogP contribution is 2.30. The summed E-state index contributed by atoms with van der Waals surface area (Å²) in [6.07, 6.45) is 4.40. The first-order valence-corrected chi connectivity index (χ1v) is 7.99. The van der Waals surface area contributed by atoms with E-state index in [1.165, 1.54) is 0 Å². The Balaban J connectivity index is 2.61. The average Bonchev–Trinajstić information content (AvgIpc) is 2.41. The van der Waals surface area contributed by atoms with Crippen molar-refractivity contribution >= 4 is 5.91 Å². The van der Waals surface area contributed by atoms with E-state index in [1.54, 1.807) is 7.11 Å². The number of nitrogens with two attached hydrogens (primary N) is 1. The molecule has 0 aromatic rings. The minimum Gasteiger partial charge on any atom is -0.383 e. The summed E-state index contributed by atoms with van der Waals surface area (Å²) in [6.45, 7) is 8.48. The molecule has 4 heteroatoms. The molecule has 0 heterocycles. The van der Waals surface area contributed by atoms with Crippen molar-refractivity contribution in [3.8, 4) is 0 Å². The number of rotatable bonds is 7. The van der Waals surface area contributed by atoms with Crippen molar-refractivity contribution < 1.29 is 9.53 Å². The van der Waals surface area contributed by atoms with Gasteiger partial charge < -0.3 is 15.4 Å². The van der Waals surface area contributed by atoms with E-state index < -0.39 is 0 Å². The zero-order chi connectivity index (χ0) is 15.1. The van der Waals surface area contributed by atoms with Crippen LogP contribution in [0.2, 0.25) is 0 Å². The predicted octanol–water partition coefficient (Wildman–Crippen LogP) is 2.27. The molecule has 1 amide bonds. The summed E-state index contributed by atoms with van der Waals surface area (Å²) >= 11 is 0. The molecule has 0 spiro atoms. The fourth-order valence-electron chi connectivity index (χ4n) is 3.14. The predicted molar refractivity (Wildman–Crippen MR) is 82.4 cm³/mol. The number of carbonyl (C=O) groups excluding carboxylic acids is 1. The molecular weight excluding hydrogens is 252 g/mol. The molecule has 0 aliphatic heterocycles. The Bertz CT molecular complexity index is 294. The van der Waals surface area contributed by atoms with E-state index in [-0.39, 0.29) is 17.9 Å². The number of carbonyl (C=O) groups is 1. The molecule has 3 unspecified atom stereocenters. The van der Waals surface area contributed by atoms with Crippen LogP contribution in [-0.4, -0.2) is 43.7 Å². The summed E-state index contributed by atoms with van der Waals surface area (Å²) < 4.78 is 5.13. The maximum atomic E-state index is 12.7. The van der Waals surface area contributed by atoms with E-state index in [0.29, 0.717) is 25.0 Å². The van der Waals surface area contributed by atoms with Crippen molar-refractivity contribution in [3.63, 3.8) is 0 Å². The van der Waals surface area contributed by atoms with Crippen LogP contribution in [0.25, 0.3) is 0 Å². The molecule has 2 N–H and O–H groups in total. The fraction of sp³-hybridized carbons (Fsp3) is 0.938. The first kappa shape index (κ1) is 17.4. The Kier molecular flexibility index (Phi) is 7.52. The molecule has 1 fully saturated rings. The lowest BCUT2D eigenvalue weighted by atomic mass is 9.78. The molecule has 4 nitrogen and oxygen atoms in total. The quantitative estimate of drug-likeness (QED) is 0.780. The summed E-state index contributed by atoms with van der Waals surface area (Å²) in [5.41, 5.74) is 6.06. The highest BCUT2D eigenvalue weighted by molar-refractivity contribution is 5.78. The van der Waals surface area contributed by atoms with Gasteiger partial charge in [0.05, 0.1) is 6.61 Å². The van der Waals surface area contributed by atoms with Crippen LogP contribution >= 0.6 is 0 Å². The molecule has 1 rings (SSSR count). The van der Waals surface area contributed by atoms with E-state index in [2.05, 4.69) is 20.8 Å². The van der Waals surface area contributed by atoms with Gasteiger partial charge in [-0.05, 0) is 31.1 Å². The summed E-state index contributed by atoms with van der Waals surface area (Å²) in [5, 5.41) is 0. The second kappa shape index (κ2) is 8.63. The van der Waals surface area contributed by atoms with Crippen LogP contribution in [-0.2, 0) is 9.53 Å². The molecule has 0 radical (unpaired) electrons. The molecule has 118 valence electrons. The summed E-state index contributed by atoms with van der Waals surface area (Å²) in [5.74, 6) is 1.28. The monoisotopic (exact) mass is 284 g/mol. The Hall–Kier alpha value is -0.610. The number of amides is 1. The first-order valence-electron chi connectivity index (χ1n) is 7.99. The Labute approximate surface area is 124 Å². The van der Waals surface area contributed by atoms with Gasteiger partial charge in [-0.15, -0.1) is 0 Å². The second-order valence-electron chi connectivity index (χ2n) is 6.65. The van der Waals surface area contributed by atoms with E-state index in [1.807, 2.05) is 4.90 Å². The van der Waals surface area contributed by atoms with Crippen LogP contribution in [0.3, 0.4) is 0 Å². The van der Waals surface area contributed by atoms with Crippen LogP contribution in [0.15, 0.2) is 0 Å². The summed E-state index contributed by atoms with van der Waals surface area (Å²) in [4.78, 5) is 14.7. The molecular formula is C16H32N2O2. The minimum absolute atomic E-state index is 0.0805. The third-order valence-corrected chi connectivity index (χ3v) is 4.31. The zero-order valence-corrected chi connectivity index (χ0v) is 13.6. The first-order chi connectivity index (χ1) is 9.45. The molecule has 0 aromatic carbocycles. The van der Waals surface area contributed by atoms with E-state index >= 15 is 0 Å². The lowest BCUT2D eigenvalue weighted by Gasteiger charge is -2.34. The van der Waals surface area contributed by atoms with Crippen molar-refractivity contribution in [1.29, 1.82) is 0 Å². The van der Waals surface area contributed by atoms with Crippen LogP contribution < -0.4 is 5.73 Å². The van der Waals surface area contributed by atoms with Gasteiger partial charge in [-0.2, -0.15) is 0 Å². The third-order valence-electron chi connectivity index (χ3n) is 4.31. The van der Waals surface area contributed by atoms with Gasteiger partial charge in [-0.3, -0.25) is 4.79 Å². The molecule has 1 aliphatic carbocycles. The highest BCUT2D eigenvalue weighted by atomic mass is 16.5. The number of methoxy groups -OCH3 is 1. The third kappa shape index (κ3) is 5.41. The van der Waals surface area contributed by atoms with Gasteiger partial charge in [0.1, 0.15) is 0 Å². The minimum atomic E-state index is 0.0805. The normalized spacial score (nSPS) is 24.7. The lowest BCUT2D eigenvalue weighted by molar-refractivity contribution is -0.138. The second-order valence-corrected chi connectivity index (χ2v) is 6.65. The van der Waals surface area contributed by atoms with Crippen molar-refractivity contribution in [2.75, 3.05) is 26.8 Å². The largest absolute Gasteiger partial charge is 0.383 e. The van der Waals surface area contributed by atoms with Gasteiger partial charge in [0.2, 0.25) is 5.91 Å². The van der Waals surface area contributed by atoms with Crippen molar-refractivity contribution in [1.82, 2.24) is 4.90 Å². The highest BCUT2D eigenvalue weighted by Gasteiger charge is 2.31. The van der Waals surface area contributed by atoms with Crippen LogP contribution in [0.4, 0.5) is 0 Å². The van der Waals surface area contributed by atoms with E-state index in [9.17, 15) is 4.79 Å². The smallest absolute Gasteiger partial charge is 0.225 e. The lowest BCUT2D eigenvalue weighted by Crippen LogP contribution is -2.43. The molecule has 1 saturated carbocycles. The van der Waals surface area contributed by atoms with Gasteiger partial charge in [0, 0.05) is 32.2 Å². The van der Waals surface area contributed by atoms with Crippen molar-refractivity contribution in [2.24, 2.45) is 23.5 Å².